The van der Waals surface area contributed by atoms with Gasteiger partial charge in [0, 0.05) is 0 Å². The first-order valence-corrected chi connectivity index (χ1v) is 3.41. The molecule has 4 nitrogen and oxygen atoms in total. The first-order valence-electron chi connectivity index (χ1n) is 3.41. The molecule has 0 aromatic carbocycles. The van der Waals surface area contributed by atoms with Crippen molar-refractivity contribution >= 4 is 0 Å². The molecule has 1 aliphatic carbocycles. The maximum atomic E-state index is 8.64. The van der Waals surface area contributed by atoms with Gasteiger partial charge in [-0.3, -0.25) is 0 Å². The van der Waals surface area contributed by atoms with Crippen LogP contribution in [-0.2, 0) is 6.61 Å². The summed E-state index contributed by atoms with van der Waals surface area (Å²) in [5, 5.41) is 16.3. The molecule has 0 spiro atoms. The highest BCUT2D eigenvalue weighted by atomic mass is 16.3. The van der Waals surface area contributed by atoms with Gasteiger partial charge in [0.05, 0.1) is 18.8 Å². The van der Waals surface area contributed by atoms with Gasteiger partial charge in [-0.15, -0.1) is 5.10 Å². The number of aliphatic hydroxyl groups excluding tert-OH is 1. The second kappa shape index (κ2) is 2.05. The number of aliphatic hydroxyl groups is 1. The van der Waals surface area contributed by atoms with Crippen molar-refractivity contribution < 1.29 is 5.11 Å². The van der Waals surface area contributed by atoms with Gasteiger partial charge in [0.15, 0.2) is 0 Å². The predicted molar refractivity (Wildman–Crippen MR) is 34.2 cm³/mol. The summed E-state index contributed by atoms with van der Waals surface area (Å²) < 4.78 is 1.82. The summed E-state index contributed by atoms with van der Waals surface area (Å²) in [5.74, 6) is 0. The predicted octanol–water partition coefficient (Wildman–Crippen LogP) is 0.105. The summed E-state index contributed by atoms with van der Waals surface area (Å²) in [6.07, 6.45) is 4.21. The van der Waals surface area contributed by atoms with Crippen LogP contribution in [0.1, 0.15) is 24.6 Å². The van der Waals surface area contributed by atoms with Crippen LogP contribution in [0, 0.1) is 0 Å². The maximum Gasteiger partial charge on any atom is 0.108 e. The van der Waals surface area contributed by atoms with E-state index in [4.69, 9.17) is 5.11 Å². The summed E-state index contributed by atoms with van der Waals surface area (Å²) in [6, 6.07) is 0.563. The quantitative estimate of drug-likeness (QED) is 0.632. The molecule has 0 radical (unpaired) electrons. The summed E-state index contributed by atoms with van der Waals surface area (Å²) in [6.45, 7) is -0.00722. The molecule has 1 fully saturated rings. The van der Waals surface area contributed by atoms with Crippen LogP contribution in [0.3, 0.4) is 0 Å². The highest BCUT2D eigenvalue weighted by Crippen LogP contribution is 2.33. The van der Waals surface area contributed by atoms with Crippen LogP contribution in [0.2, 0.25) is 0 Å². The zero-order valence-corrected chi connectivity index (χ0v) is 5.56. The average Bonchev–Trinajstić information content (AvgIpc) is 2.70. The molecule has 4 heteroatoms. The Hall–Kier alpha value is -0.900. The van der Waals surface area contributed by atoms with E-state index in [1.54, 1.807) is 6.20 Å². The first kappa shape index (κ1) is 5.85. The molecule has 10 heavy (non-hydrogen) atoms. The van der Waals surface area contributed by atoms with Crippen molar-refractivity contribution in [2.75, 3.05) is 0 Å². The monoisotopic (exact) mass is 139 g/mol. The van der Waals surface area contributed by atoms with Crippen LogP contribution in [0.4, 0.5) is 0 Å². The van der Waals surface area contributed by atoms with Gasteiger partial charge in [-0.1, -0.05) is 5.21 Å². The number of aromatic nitrogens is 3. The molecule has 1 aromatic rings. The molecule has 0 saturated heterocycles. The van der Waals surface area contributed by atoms with E-state index in [1.807, 2.05) is 4.68 Å². The zero-order valence-electron chi connectivity index (χ0n) is 5.56. The van der Waals surface area contributed by atoms with Crippen LogP contribution < -0.4 is 0 Å². The molecule has 54 valence electrons. The Kier molecular flexibility index (Phi) is 1.20. The maximum absolute atomic E-state index is 8.64. The lowest BCUT2D eigenvalue weighted by Crippen LogP contribution is -1.93. The SMILES string of the molecule is OCc1cn(C2CC2)nn1. The molecule has 1 saturated carbocycles. The van der Waals surface area contributed by atoms with Crippen molar-refractivity contribution in [2.24, 2.45) is 0 Å². The molecule has 0 aliphatic heterocycles. The van der Waals surface area contributed by atoms with Crippen molar-refractivity contribution in [2.45, 2.75) is 25.5 Å². The Morgan fingerprint density at radius 2 is 2.50 bits per heavy atom. The van der Waals surface area contributed by atoms with Gasteiger partial charge < -0.3 is 5.11 Å². The number of rotatable bonds is 2. The lowest BCUT2D eigenvalue weighted by atomic mass is 10.5. The standard InChI is InChI=1S/C6H9N3O/c10-4-5-3-9(8-7-5)6-1-2-6/h3,6,10H,1-2,4H2. The van der Waals surface area contributed by atoms with E-state index in [9.17, 15) is 0 Å². The molecule has 1 aliphatic rings. The van der Waals surface area contributed by atoms with Crippen molar-refractivity contribution in [1.82, 2.24) is 15.0 Å². The molecule has 0 atom stereocenters. The molecule has 1 heterocycles. The minimum atomic E-state index is -0.00722. The highest BCUT2D eigenvalue weighted by Gasteiger charge is 2.24. The van der Waals surface area contributed by atoms with Gasteiger partial charge in [0.1, 0.15) is 5.69 Å². The van der Waals surface area contributed by atoms with Crippen LogP contribution in [0.5, 0.6) is 0 Å². The van der Waals surface area contributed by atoms with E-state index in [2.05, 4.69) is 10.3 Å². The molecule has 0 amide bonds. The third-order valence-corrected chi connectivity index (χ3v) is 1.64. The van der Waals surface area contributed by atoms with E-state index < -0.39 is 0 Å². The normalized spacial score (nSPS) is 17.7. The van der Waals surface area contributed by atoms with E-state index in [0.717, 1.165) is 0 Å². The molecular weight excluding hydrogens is 130 g/mol. The van der Waals surface area contributed by atoms with Crippen LogP contribution in [0.15, 0.2) is 6.20 Å². The molecule has 0 unspecified atom stereocenters. The lowest BCUT2D eigenvalue weighted by Gasteiger charge is -1.89. The molecule has 0 bridgehead atoms. The second-order valence-electron chi connectivity index (χ2n) is 2.58. The Labute approximate surface area is 58.5 Å². The number of hydrogen-bond acceptors (Lipinski definition) is 3. The largest absolute Gasteiger partial charge is 0.390 e. The van der Waals surface area contributed by atoms with E-state index in [-0.39, 0.29) is 6.61 Å². The molecular formula is C6H9N3O. The van der Waals surface area contributed by atoms with Crippen molar-refractivity contribution in [3.63, 3.8) is 0 Å². The van der Waals surface area contributed by atoms with Gasteiger partial charge in [-0.2, -0.15) is 0 Å². The third kappa shape index (κ3) is 0.903. The van der Waals surface area contributed by atoms with Crippen LogP contribution in [0.25, 0.3) is 0 Å². The van der Waals surface area contributed by atoms with Gasteiger partial charge >= 0.3 is 0 Å². The fraction of sp³-hybridized carbons (Fsp3) is 0.667. The average molecular weight is 139 g/mol. The molecule has 2 rings (SSSR count). The number of hydrogen-bond donors (Lipinski definition) is 1. The zero-order chi connectivity index (χ0) is 6.97. The van der Waals surface area contributed by atoms with E-state index in [0.29, 0.717) is 11.7 Å². The smallest absolute Gasteiger partial charge is 0.108 e. The van der Waals surface area contributed by atoms with E-state index >= 15 is 0 Å². The van der Waals surface area contributed by atoms with Crippen molar-refractivity contribution in [3.05, 3.63) is 11.9 Å². The Morgan fingerprint density at radius 3 is 3.00 bits per heavy atom. The minimum absolute atomic E-state index is 0.00722. The van der Waals surface area contributed by atoms with Crippen LogP contribution >= 0.6 is 0 Å². The fourth-order valence-electron chi connectivity index (χ4n) is 0.903. The van der Waals surface area contributed by atoms with Gasteiger partial charge in [-0.05, 0) is 12.8 Å². The fourth-order valence-corrected chi connectivity index (χ4v) is 0.903. The summed E-state index contributed by atoms with van der Waals surface area (Å²) in [5.41, 5.74) is 0.659. The van der Waals surface area contributed by atoms with Crippen LogP contribution in [-0.4, -0.2) is 20.1 Å². The van der Waals surface area contributed by atoms with E-state index in [1.165, 1.54) is 12.8 Å². The van der Waals surface area contributed by atoms with Gasteiger partial charge in [-0.25, -0.2) is 4.68 Å². The van der Waals surface area contributed by atoms with Gasteiger partial charge in [0.2, 0.25) is 0 Å². The Bertz CT molecular complexity index is 229. The number of nitrogens with zero attached hydrogens (tertiary/aromatic N) is 3. The Balaban J connectivity index is 2.19. The third-order valence-electron chi connectivity index (χ3n) is 1.64. The minimum Gasteiger partial charge on any atom is -0.390 e. The topological polar surface area (TPSA) is 50.9 Å². The van der Waals surface area contributed by atoms with Crippen molar-refractivity contribution in [1.29, 1.82) is 0 Å². The summed E-state index contributed by atoms with van der Waals surface area (Å²) in [7, 11) is 0. The lowest BCUT2D eigenvalue weighted by molar-refractivity contribution is 0.276. The molecule has 1 aromatic heterocycles. The van der Waals surface area contributed by atoms with Crippen molar-refractivity contribution in [3.8, 4) is 0 Å². The summed E-state index contributed by atoms with van der Waals surface area (Å²) >= 11 is 0. The van der Waals surface area contributed by atoms with Gasteiger partial charge in [0.25, 0.3) is 0 Å². The Morgan fingerprint density at radius 1 is 1.70 bits per heavy atom. The highest BCUT2D eigenvalue weighted by molar-refractivity contribution is 4.93. The first-order chi connectivity index (χ1) is 4.90. The summed E-state index contributed by atoms with van der Waals surface area (Å²) in [4.78, 5) is 0. The second-order valence-corrected chi connectivity index (χ2v) is 2.58. The molecule has 1 N–H and O–H groups in total.